The van der Waals surface area contributed by atoms with E-state index in [-0.39, 0.29) is 12.1 Å². The summed E-state index contributed by atoms with van der Waals surface area (Å²) >= 11 is 0. The Morgan fingerprint density at radius 2 is 1.83 bits per heavy atom. The molecule has 0 N–H and O–H groups in total. The number of ether oxygens (including phenoxy) is 6. The molecule has 3 heterocycles. The van der Waals surface area contributed by atoms with Crippen molar-refractivity contribution in [3.63, 3.8) is 0 Å². The van der Waals surface area contributed by atoms with Crippen LogP contribution in [0.4, 0.5) is 0 Å². The SMILES string of the molecule is CCCC(=O)O[C@H]1[C@H]([C@@H]2COC(C)(C)O2)O[C@H]2OC(C)(C)O[C@@H]21. The highest BCUT2D eigenvalue weighted by Gasteiger charge is 2.59. The van der Waals surface area contributed by atoms with Crippen molar-refractivity contribution in [3.05, 3.63) is 0 Å². The minimum Gasteiger partial charge on any atom is -0.456 e. The third-order valence-corrected chi connectivity index (χ3v) is 4.15. The zero-order chi connectivity index (χ0) is 16.8. The molecule has 0 spiro atoms. The van der Waals surface area contributed by atoms with Crippen LogP contribution in [0.2, 0.25) is 0 Å². The Balaban J connectivity index is 1.75. The third kappa shape index (κ3) is 3.53. The molecule has 7 heteroatoms. The van der Waals surface area contributed by atoms with E-state index in [0.29, 0.717) is 13.0 Å². The van der Waals surface area contributed by atoms with Crippen LogP contribution in [0.25, 0.3) is 0 Å². The zero-order valence-electron chi connectivity index (χ0n) is 14.4. The molecular weight excluding hydrogens is 304 g/mol. The van der Waals surface area contributed by atoms with Gasteiger partial charge < -0.3 is 28.4 Å². The third-order valence-electron chi connectivity index (χ3n) is 4.15. The average molecular weight is 330 g/mol. The first-order valence-corrected chi connectivity index (χ1v) is 8.23. The maximum Gasteiger partial charge on any atom is 0.306 e. The Bertz CT molecular complexity index is 461. The van der Waals surface area contributed by atoms with E-state index in [2.05, 4.69) is 0 Å². The Morgan fingerprint density at radius 1 is 1.09 bits per heavy atom. The molecule has 3 saturated heterocycles. The van der Waals surface area contributed by atoms with E-state index in [9.17, 15) is 4.79 Å². The molecule has 7 nitrogen and oxygen atoms in total. The molecule has 3 aliphatic rings. The van der Waals surface area contributed by atoms with Gasteiger partial charge in [0, 0.05) is 6.42 Å². The highest BCUT2D eigenvalue weighted by Crippen LogP contribution is 2.42. The standard InChI is InChI=1S/C16H26O7/c1-6-7-10(17)19-12-11(9-8-18-15(2,3)21-9)20-14-13(12)22-16(4,5)23-14/h9,11-14H,6-8H2,1-5H3/t9-,11-,12-,13+,14-/m0/s1. The van der Waals surface area contributed by atoms with Crippen LogP contribution >= 0.6 is 0 Å². The van der Waals surface area contributed by atoms with Gasteiger partial charge in [0.05, 0.1) is 6.61 Å². The lowest BCUT2D eigenvalue weighted by Gasteiger charge is -2.28. The number of hydrogen-bond donors (Lipinski definition) is 0. The van der Waals surface area contributed by atoms with Crippen molar-refractivity contribution in [1.82, 2.24) is 0 Å². The second kappa shape index (κ2) is 5.97. The van der Waals surface area contributed by atoms with E-state index < -0.39 is 36.2 Å². The van der Waals surface area contributed by atoms with Crippen molar-refractivity contribution < 1.29 is 33.2 Å². The summed E-state index contributed by atoms with van der Waals surface area (Å²) in [4.78, 5) is 12.0. The van der Waals surface area contributed by atoms with Crippen molar-refractivity contribution in [3.8, 4) is 0 Å². The van der Waals surface area contributed by atoms with Crippen molar-refractivity contribution >= 4 is 5.97 Å². The number of rotatable bonds is 4. The topological polar surface area (TPSA) is 72.5 Å². The van der Waals surface area contributed by atoms with Crippen molar-refractivity contribution in [2.45, 2.75) is 89.7 Å². The average Bonchev–Trinajstić information content (AvgIpc) is 3.01. The van der Waals surface area contributed by atoms with E-state index in [0.717, 1.165) is 6.42 Å². The van der Waals surface area contributed by atoms with Gasteiger partial charge in [-0.2, -0.15) is 0 Å². The van der Waals surface area contributed by atoms with Gasteiger partial charge >= 0.3 is 5.97 Å². The van der Waals surface area contributed by atoms with Crippen LogP contribution in [0.15, 0.2) is 0 Å². The molecule has 0 aliphatic carbocycles. The molecule has 5 atom stereocenters. The fourth-order valence-electron chi connectivity index (χ4n) is 3.23. The maximum absolute atomic E-state index is 12.0. The molecule has 0 aromatic heterocycles. The fraction of sp³-hybridized carbons (Fsp3) is 0.938. The molecule has 3 fully saturated rings. The molecule has 0 unspecified atom stereocenters. The van der Waals surface area contributed by atoms with Gasteiger partial charge in [0.25, 0.3) is 0 Å². The quantitative estimate of drug-likeness (QED) is 0.727. The molecular formula is C16H26O7. The predicted octanol–water partition coefficient (Wildman–Crippen LogP) is 1.73. The second-order valence-electron chi connectivity index (χ2n) is 7.14. The summed E-state index contributed by atoms with van der Waals surface area (Å²) in [6, 6.07) is 0. The van der Waals surface area contributed by atoms with Crippen molar-refractivity contribution in [2.75, 3.05) is 6.61 Å². The van der Waals surface area contributed by atoms with E-state index in [1.54, 1.807) is 0 Å². The summed E-state index contributed by atoms with van der Waals surface area (Å²) in [5, 5.41) is 0. The maximum atomic E-state index is 12.0. The van der Waals surface area contributed by atoms with Gasteiger partial charge in [0.15, 0.2) is 30.1 Å². The number of carbonyl (C=O) groups excluding carboxylic acids is 1. The lowest BCUT2D eigenvalue weighted by Crippen LogP contribution is -2.45. The Morgan fingerprint density at radius 3 is 2.43 bits per heavy atom. The molecule has 0 radical (unpaired) electrons. The van der Waals surface area contributed by atoms with Crippen LogP contribution in [-0.4, -0.2) is 54.9 Å². The molecule has 3 rings (SSSR count). The van der Waals surface area contributed by atoms with Crippen molar-refractivity contribution in [1.29, 1.82) is 0 Å². The summed E-state index contributed by atoms with van der Waals surface area (Å²) in [6.07, 6.45) is -1.30. The number of carbonyl (C=O) groups is 1. The van der Waals surface area contributed by atoms with Crippen molar-refractivity contribution in [2.24, 2.45) is 0 Å². The molecule has 132 valence electrons. The molecule has 0 amide bonds. The number of hydrogen-bond acceptors (Lipinski definition) is 7. The number of fused-ring (bicyclic) bond motifs is 1. The summed E-state index contributed by atoms with van der Waals surface area (Å²) in [5.74, 6) is -1.70. The van der Waals surface area contributed by atoms with E-state index in [1.807, 2.05) is 34.6 Å². The van der Waals surface area contributed by atoms with Crippen LogP contribution in [0.3, 0.4) is 0 Å². The van der Waals surface area contributed by atoms with Crippen LogP contribution in [0.1, 0.15) is 47.5 Å². The molecule has 0 aromatic rings. The monoisotopic (exact) mass is 330 g/mol. The minimum atomic E-state index is -0.762. The Labute approximate surface area is 136 Å². The van der Waals surface area contributed by atoms with E-state index in [1.165, 1.54) is 0 Å². The van der Waals surface area contributed by atoms with Gasteiger partial charge in [-0.3, -0.25) is 4.79 Å². The molecule has 0 saturated carbocycles. The molecule has 23 heavy (non-hydrogen) atoms. The summed E-state index contributed by atoms with van der Waals surface area (Å²) in [7, 11) is 0. The summed E-state index contributed by atoms with van der Waals surface area (Å²) in [5.41, 5.74) is 0. The lowest BCUT2D eigenvalue weighted by molar-refractivity contribution is -0.235. The van der Waals surface area contributed by atoms with Crippen LogP contribution in [-0.2, 0) is 33.2 Å². The fourth-order valence-corrected chi connectivity index (χ4v) is 3.23. The first kappa shape index (κ1) is 17.1. The van der Waals surface area contributed by atoms with E-state index in [4.69, 9.17) is 28.4 Å². The highest BCUT2D eigenvalue weighted by molar-refractivity contribution is 5.69. The zero-order valence-corrected chi connectivity index (χ0v) is 14.4. The number of esters is 1. The van der Waals surface area contributed by atoms with Crippen LogP contribution in [0.5, 0.6) is 0 Å². The molecule has 0 aromatic carbocycles. The normalized spacial score (nSPS) is 41.0. The second-order valence-corrected chi connectivity index (χ2v) is 7.14. The first-order chi connectivity index (χ1) is 10.7. The van der Waals surface area contributed by atoms with Gasteiger partial charge in [-0.25, -0.2) is 0 Å². The van der Waals surface area contributed by atoms with Gasteiger partial charge in [-0.15, -0.1) is 0 Å². The van der Waals surface area contributed by atoms with Gasteiger partial charge in [0.2, 0.25) is 0 Å². The van der Waals surface area contributed by atoms with Gasteiger partial charge in [-0.1, -0.05) is 6.92 Å². The minimum absolute atomic E-state index is 0.266. The van der Waals surface area contributed by atoms with E-state index >= 15 is 0 Å². The smallest absolute Gasteiger partial charge is 0.306 e. The van der Waals surface area contributed by atoms with Gasteiger partial charge in [0.1, 0.15) is 12.2 Å². The summed E-state index contributed by atoms with van der Waals surface area (Å²) < 4.78 is 34.7. The Hall–Kier alpha value is -0.730. The predicted molar refractivity (Wildman–Crippen MR) is 78.4 cm³/mol. The lowest BCUT2D eigenvalue weighted by atomic mass is 10.1. The first-order valence-electron chi connectivity index (χ1n) is 8.23. The summed E-state index contributed by atoms with van der Waals surface area (Å²) in [6.45, 7) is 9.62. The molecule has 3 aliphatic heterocycles. The molecule has 0 bridgehead atoms. The van der Waals surface area contributed by atoms with Crippen LogP contribution < -0.4 is 0 Å². The largest absolute Gasteiger partial charge is 0.456 e. The highest BCUT2D eigenvalue weighted by atomic mass is 16.8. The Kier molecular flexibility index (Phi) is 4.44. The van der Waals surface area contributed by atoms with Crippen LogP contribution in [0, 0.1) is 0 Å². The van der Waals surface area contributed by atoms with Gasteiger partial charge in [-0.05, 0) is 34.1 Å².